The first kappa shape index (κ1) is 31.3. The van der Waals surface area contributed by atoms with E-state index in [0.29, 0.717) is 16.3 Å². The number of hydrogen-bond acceptors (Lipinski definition) is 5. The average Bonchev–Trinajstić information content (AvgIpc) is 2.99. The summed E-state index contributed by atoms with van der Waals surface area (Å²) in [6, 6.07) is 16.7. The van der Waals surface area contributed by atoms with E-state index in [1.165, 1.54) is 66.6 Å². The van der Waals surface area contributed by atoms with Crippen LogP contribution in [0.15, 0.2) is 77.7 Å². The third-order valence-electron chi connectivity index (χ3n) is 7.41. The molecule has 11 heteroatoms. The van der Waals surface area contributed by atoms with E-state index < -0.39 is 34.3 Å². The third kappa shape index (κ3) is 7.80. The average molecular weight is 616 g/mol. The molecule has 1 aliphatic rings. The molecule has 0 spiro atoms. The molecule has 0 saturated heterocycles. The highest BCUT2D eigenvalue weighted by atomic mass is 35.5. The minimum Gasteiger partial charge on any atom is -0.497 e. The fraction of sp³-hybridized carbons (Fsp3) is 0.355. The van der Waals surface area contributed by atoms with Crippen molar-refractivity contribution in [3.05, 3.63) is 89.2 Å². The van der Waals surface area contributed by atoms with E-state index in [9.17, 15) is 22.4 Å². The van der Waals surface area contributed by atoms with Gasteiger partial charge in [-0.25, -0.2) is 12.8 Å². The molecule has 1 unspecified atom stereocenters. The van der Waals surface area contributed by atoms with Gasteiger partial charge in [0.15, 0.2) is 0 Å². The normalized spacial score (nSPS) is 14.6. The lowest BCUT2D eigenvalue weighted by Crippen LogP contribution is -2.53. The highest BCUT2D eigenvalue weighted by Gasteiger charge is 2.33. The summed E-state index contributed by atoms with van der Waals surface area (Å²) in [6.45, 7) is 0.989. The van der Waals surface area contributed by atoms with Gasteiger partial charge in [-0.1, -0.05) is 49.1 Å². The number of anilines is 1. The number of amides is 2. The van der Waals surface area contributed by atoms with Crippen LogP contribution < -0.4 is 14.4 Å². The summed E-state index contributed by atoms with van der Waals surface area (Å²) in [5.41, 5.74) is 0.780. The number of hydrogen-bond donors (Lipinski definition) is 1. The maximum Gasteiger partial charge on any atom is 0.264 e. The number of ether oxygens (including phenoxy) is 1. The molecule has 0 bridgehead atoms. The van der Waals surface area contributed by atoms with Crippen LogP contribution in [0.25, 0.3) is 0 Å². The van der Waals surface area contributed by atoms with Crippen molar-refractivity contribution >= 4 is 39.1 Å². The number of nitrogens with zero attached hydrogens (tertiary/aromatic N) is 2. The van der Waals surface area contributed by atoms with Gasteiger partial charge in [0, 0.05) is 17.6 Å². The molecule has 0 heterocycles. The minimum absolute atomic E-state index is 0.0230. The van der Waals surface area contributed by atoms with Gasteiger partial charge >= 0.3 is 0 Å². The highest BCUT2D eigenvalue weighted by molar-refractivity contribution is 7.92. The van der Waals surface area contributed by atoms with Crippen LogP contribution in [0.1, 0.15) is 44.6 Å². The Morgan fingerprint density at radius 1 is 1.02 bits per heavy atom. The Kier molecular flexibility index (Phi) is 10.5. The van der Waals surface area contributed by atoms with Crippen LogP contribution in [0.4, 0.5) is 10.1 Å². The van der Waals surface area contributed by atoms with Gasteiger partial charge in [-0.15, -0.1) is 0 Å². The Morgan fingerprint density at radius 3 is 2.31 bits per heavy atom. The summed E-state index contributed by atoms with van der Waals surface area (Å²) < 4.78 is 47.6. The number of methoxy groups -OCH3 is 1. The van der Waals surface area contributed by atoms with E-state index in [1.807, 2.05) is 0 Å². The molecule has 3 aromatic carbocycles. The summed E-state index contributed by atoms with van der Waals surface area (Å²) in [5.74, 6) is -0.896. The lowest BCUT2D eigenvalue weighted by atomic mass is 9.95. The van der Waals surface area contributed by atoms with Gasteiger partial charge in [-0.3, -0.25) is 13.9 Å². The van der Waals surface area contributed by atoms with Crippen molar-refractivity contribution in [3.8, 4) is 5.75 Å². The van der Waals surface area contributed by atoms with Gasteiger partial charge in [0.25, 0.3) is 10.0 Å². The Balaban J connectivity index is 1.67. The standard InChI is InChI=1S/C31H35ClFN3O5S/c1-22(31(38)34-26-8-4-3-5-9-26)35(20-23-11-13-25(33)14-12-23)30(37)21-36(27-10-6-7-24(32)19-27)42(39,40)29-17-15-28(41-2)16-18-29/h6-7,10-19,22,26H,3-5,8-9,20-21H2,1-2H3,(H,34,38). The molecular formula is C31H35ClFN3O5S. The van der Waals surface area contributed by atoms with Gasteiger partial charge in [-0.2, -0.15) is 0 Å². The van der Waals surface area contributed by atoms with Crippen molar-refractivity contribution in [2.24, 2.45) is 0 Å². The monoisotopic (exact) mass is 615 g/mol. The van der Waals surface area contributed by atoms with Gasteiger partial charge in [0.1, 0.15) is 24.2 Å². The molecule has 224 valence electrons. The number of carbonyl (C=O) groups is 2. The van der Waals surface area contributed by atoms with Crippen LogP contribution in [-0.4, -0.2) is 50.9 Å². The molecule has 4 rings (SSSR count). The smallest absolute Gasteiger partial charge is 0.264 e. The third-order valence-corrected chi connectivity index (χ3v) is 9.43. The number of sulfonamides is 1. The second kappa shape index (κ2) is 14.0. The molecule has 1 saturated carbocycles. The fourth-order valence-corrected chi connectivity index (χ4v) is 6.56. The summed E-state index contributed by atoms with van der Waals surface area (Å²) in [6.07, 6.45) is 4.91. The fourth-order valence-electron chi connectivity index (χ4n) is 4.97. The van der Waals surface area contributed by atoms with Crippen molar-refractivity contribution < 1.29 is 27.1 Å². The van der Waals surface area contributed by atoms with Crippen molar-refractivity contribution in [2.45, 2.75) is 62.6 Å². The molecule has 8 nitrogen and oxygen atoms in total. The molecule has 0 aliphatic heterocycles. The zero-order chi connectivity index (χ0) is 30.3. The number of rotatable bonds is 11. The maximum atomic E-state index is 14.0. The molecule has 0 radical (unpaired) electrons. The summed E-state index contributed by atoms with van der Waals surface area (Å²) >= 11 is 6.21. The van der Waals surface area contributed by atoms with Crippen LogP contribution in [0.5, 0.6) is 5.75 Å². The van der Waals surface area contributed by atoms with Crippen LogP contribution in [0, 0.1) is 5.82 Å². The molecule has 3 aromatic rings. The SMILES string of the molecule is COc1ccc(S(=O)(=O)N(CC(=O)N(Cc2ccc(F)cc2)C(C)C(=O)NC2CCCCC2)c2cccc(Cl)c2)cc1. The molecule has 2 amide bonds. The molecule has 1 aliphatic carbocycles. The minimum atomic E-state index is -4.25. The molecule has 1 atom stereocenters. The first-order valence-corrected chi connectivity index (χ1v) is 15.7. The van der Waals surface area contributed by atoms with Crippen LogP contribution >= 0.6 is 11.6 Å². The van der Waals surface area contributed by atoms with Crippen LogP contribution in [-0.2, 0) is 26.2 Å². The predicted molar refractivity (Wildman–Crippen MR) is 160 cm³/mol. The van der Waals surface area contributed by atoms with E-state index in [2.05, 4.69) is 5.32 Å². The maximum absolute atomic E-state index is 14.0. The number of halogens is 2. The Labute approximate surface area is 251 Å². The second-order valence-electron chi connectivity index (χ2n) is 10.3. The van der Waals surface area contributed by atoms with Crippen LogP contribution in [0.3, 0.4) is 0 Å². The van der Waals surface area contributed by atoms with Crippen molar-refractivity contribution in [2.75, 3.05) is 18.0 Å². The van der Waals surface area contributed by atoms with E-state index >= 15 is 0 Å². The lowest BCUT2D eigenvalue weighted by Gasteiger charge is -2.33. The molecule has 42 heavy (non-hydrogen) atoms. The topological polar surface area (TPSA) is 96.0 Å². The first-order chi connectivity index (χ1) is 20.1. The predicted octanol–water partition coefficient (Wildman–Crippen LogP) is 5.55. The Morgan fingerprint density at radius 2 is 1.69 bits per heavy atom. The van der Waals surface area contributed by atoms with Crippen LogP contribution in [0.2, 0.25) is 5.02 Å². The van der Waals surface area contributed by atoms with Gasteiger partial charge < -0.3 is 15.0 Å². The van der Waals surface area contributed by atoms with Crippen molar-refractivity contribution in [1.29, 1.82) is 0 Å². The zero-order valence-electron chi connectivity index (χ0n) is 23.6. The van der Waals surface area contributed by atoms with Gasteiger partial charge in [0.2, 0.25) is 11.8 Å². The summed E-state index contributed by atoms with van der Waals surface area (Å²) in [5, 5.41) is 3.34. The van der Waals surface area contributed by atoms with E-state index in [4.69, 9.17) is 16.3 Å². The largest absolute Gasteiger partial charge is 0.497 e. The quantitative estimate of drug-likeness (QED) is 0.305. The molecule has 0 aromatic heterocycles. The number of nitrogens with one attached hydrogen (secondary N) is 1. The number of benzene rings is 3. The zero-order valence-corrected chi connectivity index (χ0v) is 25.2. The van der Waals surface area contributed by atoms with Gasteiger partial charge in [0.05, 0.1) is 17.7 Å². The van der Waals surface area contributed by atoms with E-state index in [-0.39, 0.29) is 29.1 Å². The Bertz CT molecular complexity index is 1480. The summed E-state index contributed by atoms with van der Waals surface area (Å²) in [4.78, 5) is 28.6. The first-order valence-electron chi connectivity index (χ1n) is 13.8. The second-order valence-corrected chi connectivity index (χ2v) is 12.6. The lowest BCUT2D eigenvalue weighted by molar-refractivity contribution is -0.139. The number of carbonyl (C=O) groups excluding carboxylic acids is 2. The highest BCUT2D eigenvalue weighted by Crippen LogP contribution is 2.28. The molecular weight excluding hydrogens is 581 g/mol. The van der Waals surface area contributed by atoms with Gasteiger partial charge in [-0.05, 0) is 79.9 Å². The molecule has 1 N–H and O–H groups in total. The van der Waals surface area contributed by atoms with E-state index in [0.717, 1.165) is 36.4 Å². The van der Waals surface area contributed by atoms with Crippen molar-refractivity contribution in [3.63, 3.8) is 0 Å². The van der Waals surface area contributed by atoms with E-state index in [1.54, 1.807) is 25.1 Å². The Hall–Kier alpha value is -3.63. The van der Waals surface area contributed by atoms with Crippen molar-refractivity contribution in [1.82, 2.24) is 10.2 Å². The molecule has 1 fully saturated rings. The summed E-state index contributed by atoms with van der Waals surface area (Å²) in [7, 11) is -2.78.